The number of ether oxygens (including phenoxy) is 1. The molecule has 0 bridgehead atoms. The summed E-state index contributed by atoms with van der Waals surface area (Å²) in [5.74, 6) is -0.329. The second kappa shape index (κ2) is 7.09. The Morgan fingerprint density at radius 2 is 1.96 bits per heavy atom. The fraction of sp³-hybridized carbons (Fsp3) is 0.118. The zero-order valence-electron chi connectivity index (χ0n) is 12.4. The number of hydrogen-bond donors (Lipinski definition) is 1. The van der Waals surface area contributed by atoms with Crippen molar-refractivity contribution in [2.45, 2.75) is 6.92 Å². The molecule has 2 N–H and O–H groups in total. The van der Waals surface area contributed by atoms with E-state index in [-0.39, 0.29) is 11.5 Å². The number of benzene rings is 1. The van der Waals surface area contributed by atoms with Crippen LogP contribution in [0.1, 0.15) is 23.0 Å². The van der Waals surface area contributed by atoms with Crippen molar-refractivity contribution in [3.63, 3.8) is 0 Å². The van der Waals surface area contributed by atoms with Gasteiger partial charge in [-0.25, -0.2) is 4.79 Å². The molecule has 0 fully saturated rings. The highest BCUT2D eigenvalue weighted by molar-refractivity contribution is 6.00. The summed E-state index contributed by atoms with van der Waals surface area (Å²) in [6.07, 6.45) is 1.28. The lowest BCUT2D eigenvalue weighted by molar-refractivity contribution is -0.114. The molecule has 23 heavy (non-hydrogen) atoms. The van der Waals surface area contributed by atoms with E-state index in [1.54, 1.807) is 49.4 Å². The topological polar surface area (TPSA) is 106 Å². The number of rotatable bonds is 5. The molecule has 0 saturated heterocycles. The van der Waals surface area contributed by atoms with Gasteiger partial charge in [0.05, 0.1) is 12.2 Å². The van der Waals surface area contributed by atoms with E-state index in [1.807, 2.05) is 0 Å². The standard InChI is InChI=1S/C17H14N2O4/c1-2-22-17(21)12-5-3-11(4-6-12)15-8-7-14(23-15)9-13(10-18)16(19)20/h3-9H,2H2,1H3,(H2,19,20)/b13-9-. The van der Waals surface area contributed by atoms with Crippen LogP contribution >= 0.6 is 0 Å². The lowest BCUT2D eigenvalue weighted by Crippen LogP contribution is -2.12. The summed E-state index contributed by atoms with van der Waals surface area (Å²) < 4.78 is 10.5. The molecular formula is C17H14N2O4. The van der Waals surface area contributed by atoms with Crippen LogP contribution in [0.3, 0.4) is 0 Å². The van der Waals surface area contributed by atoms with Gasteiger partial charge in [-0.3, -0.25) is 4.79 Å². The van der Waals surface area contributed by atoms with E-state index in [1.165, 1.54) is 6.08 Å². The van der Waals surface area contributed by atoms with Gasteiger partial charge in [-0.15, -0.1) is 0 Å². The SMILES string of the molecule is CCOC(=O)c1ccc(-c2ccc(/C=C(/C#N)C(N)=O)o2)cc1. The minimum absolute atomic E-state index is 0.191. The predicted octanol–water partition coefficient (Wildman–Crippen LogP) is 2.52. The van der Waals surface area contributed by atoms with E-state index in [4.69, 9.17) is 20.1 Å². The van der Waals surface area contributed by atoms with Crippen LogP contribution in [0, 0.1) is 11.3 Å². The number of esters is 1. The maximum absolute atomic E-state index is 11.6. The smallest absolute Gasteiger partial charge is 0.338 e. The number of carbonyl (C=O) groups excluding carboxylic acids is 2. The molecule has 6 heteroatoms. The van der Waals surface area contributed by atoms with Crippen molar-refractivity contribution >= 4 is 18.0 Å². The molecule has 1 amide bonds. The van der Waals surface area contributed by atoms with Crippen LogP contribution in [0.25, 0.3) is 17.4 Å². The number of nitrogens with zero attached hydrogens (tertiary/aromatic N) is 1. The molecule has 2 aromatic rings. The van der Waals surface area contributed by atoms with Crippen molar-refractivity contribution in [3.05, 3.63) is 53.3 Å². The second-order valence-electron chi connectivity index (χ2n) is 4.53. The number of amides is 1. The fourth-order valence-electron chi connectivity index (χ4n) is 1.87. The predicted molar refractivity (Wildman–Crippen MR) is 82.9 cm³/mol. The summed E-state index contributed by atoms with van der Waals surface area (Å²) in [6.45, 7) is 2.06. The van der Waals surface area contributed by atoms with Crippen LogP contribution in [-0.2, 0) is 9.53 Å². The first kappa shape index (κ1) is 16.0. The number of furan rings is 1. The first-order valence-electron chi connectivity index (χ1n) is 6.84. The minimum atomic E-state index is -0.816. The quantitative estimate of drug-likeness (QED) is 0.519. The second-order valence-corrected chi connectivity index (χ2v) is 4.53. The highest BCUT2D eigenvalue weighted by atomic mass is 16.5. The summed E-state index contributed by atoms with van der Waals surface area (Å²) in [5.41, 5.74) is 6.07. The van der Waals surface area contributed by atoms with Gasteiger partial charge >= 0.3 is 5.97 Å². The van der Waals surface area contributed by atoms with Crippen LogP contribution in [-0.4, -0.2) is 18.5 Å². The number of nitrogens with two attached hydrogens (primary N) is 1. The molecular weight excluding hydrogens is 296 g/mol. The summed E-state index contributed by atoms with van der Waals surface area (Å²) in [7, 11) is 0. The van der Waals surface area contributed by atoms with Gasteiger partial charge in [-0.05, 0) is 31.2 Å². The first-order valence-corrected chi connectivity index (χ1v) is 6.84. The highest BCUT2D eigenvalue weighted by Crippen LogP contribution is 2.24. The minimum Gasteiger partial charge on any atom is -0.462 e. The Balaban J connectivity index is 2.23. The third-order valence-electron chi connectivity index (χ3n) is 2.98. The average Bonchev–Trinajstić information content (AvgIpc) is 3.01. The Bertz CT molecular complexity index is 795. The van der Waals surface area contributed by atoms with Gasteiger partial charge in [0.1, 0.15) is 23.2 Å². The molecule has 0 saturated carbocycles. The monoisotopic (exact) mass is 310 g/mol. The van der Waals surface area contributed by atoms with Crippen molar-refractivity contribution < 1.29 is 18.7 Å². The molecule has 0 aliphatic carbocycles. The van der Waals surface area contributed by atoms with Gasteiger partial charge in [-0.1, -0.05) is 12.1 Å². The van der Waals surface area contributed by atoms with Gasteiger partial charge in [-0.2, -0.15) is 5.26 Å². The van der Waals surface area contributed by atoms with Crippen molar-refractivity contribution in [2.75, 3.05) is 6.61 Å². The van der Waals surface area contributed by atoms with Crippen LogP contribution in [0.4, 0.5) is 0 Å². The van der Waals surface area contributed by atoms with Crippen LogP contribution in [0.15, 0.2) is 46.4 Å². The third-order valence-corrected chi connectivity index (χ3v) is 2.98. The Morgan fingerprint density at radius 3 is 2.52 bits per heavy atom. The van der Waals surface area contributed by atoms with Gasteiger partial charge < -0.3 is 14.9 Å². The van der Waals surface area contributed by atoms with Gasteiger partial charge in [0.25, 0.3) is 5.91 Å². The molecule has 6 nitrogen and oxygen atoms in total. The highest BCUT2D eigenvalue weighted by Gasteiger charge is 2.09. The molecule has 2 rings (SSSR count). The van der Waals surface area contributed by atoms with Crippen molar-refractivity contribution in [3.8, 4) is 17.4 Å². The molecule has 0 spiro atoms. The van der Waals surface area contributed by atoms with Crippen molar-refractivity contribution in [1.82, 2.24) is 0 Å². The molecule has 0 unspecified atom stereocenters. The molecule has 0 atom stereocenters. The molecule has 0 radical (unpaired) electrons. The lowest BCUT2D eigenvalue weighted by atomic mass is 10.1. The van der Waals surface area contributed by atoms with E-state index in [9.17, 15) is 9.59 Å². The van der Waals surface area contributed by atoms with Crippen LogP contribution < -0.4 is 5.73 Å². The number of nitriles is 1. The molecule has 0 aliphatic rings. The molecule has 1 aromatic heterocycles. The maximum Gasteiger partial charge on any atom is 0.338 e. The number of carbonyl (C=O) groups is 2. The third kappa shape index (κ3) is 3.86. The lowest BCUT2D eigenvalue weighted by Gasteiger charge is -2.02. The number of hydrogen-bond acceptors (Lipinski definition) is 5. The van der Waals surface area contributed by atoms with Gasteiger partial charge in [0.2, 0.25) is 0 Å². The van der Waals surface area contributed by atoms with Gasteiger partial charge in [0, 0.05) is 11.6 Å². The average molecular weight is 310 g/mol. The Kier molecular flexibility index (Phi) is 4.95. The summed E-state index contributed by atoms with van der Waals surface area (Å²) in [6, 6.07) is 11.7. The van der Waals surface area contributed by atoms with Crippen molar-refractivity contribution in [2.24, 2.45) is 5.73 Å². The van der Waals surface area contributed by atoms with Crippen molar-refractivity contribution in [1.29, 1.82) is 5.26 Å². The molecule has 0 aliphatic heterocycles. The zero-order chi connectivity index (χ0) is 16.8. The van der Waals surface area contributed by atoms with Crippen LogP contribution in [0.5, 0.6) is 0 Å². The van der Waals surface area contributed by atoms with Crippen LogP contribution in [0.2, 0.25) is 0 Å². The largest absolute Gasteiger partial charge is 0.462 e. The Morgan fingerprint density at radius 1 is 1.26 bits per heavy atom. The van der Waals surface area contributed by atoms with E-state index >= 15 is 0 Å². The summed E-state index contributed by atoms with van der Waals surface area (Å²) in [4.78, 5) is 22.6. The Hall–Kier alpha value is -3.33. The van der Waals surface area contributed by atoms with E-state index < -0.39 is 5.91 Å². The van der Waals surface area contributed by atoms with E-state index in [0.717, 1.165) is 5.56 Å². The van der Waals surface area contributed by atoms with E-state index in [2.05, 4.69) is 0 Å². The molecule has 116 valence electrons. The number of primary amides is 1. The first-order chi connectivity index (χ1) is 11.0. The summed E-state index contributed by atoms with van der Waals surface area (Å²) in [5, 5.41) is 8.80. The van der Waals surface area contributed by atoms with E-state index in [0.29, 0.717) is 23.7 Å². The Labute approximate surface area is 132 Å². The molecule has 1 heterocycles. The maximum atomic E-state index is 11.6. The molecule has 1 aromatic carbocycles. The fourth-order valence-corrected chi connectivity index (χ4v) is 1.87. The summed E-state index contributed by atoms with van der Waals surface area (Å²) >= 11 is 0. The van der Waals surface area contributed by atoms with Gasteiger partial charge in [0.15, 0.2) is 0 Å². The normalized spacial score (nSPS) is 10.9. The zero-order valence-corrected chi connectivity index (χ0v) is 12.4.